The number of rotatable bonds is 5. The molecule has 2 fully saturated rings. The van der Waals surface area contributed by atoms with Crippen LogP contribution in [0.5, 0.6) is 0 Å². The molecule has 1 aromatic heterocycles. The van der Waals surface area contributed by atoms with Crippen LogP contribution < -0.4 is 10.2 Å². The number of aromatic nitrogens is 1. The molecule has 7 nitrogen and oxygen atoms in total. The van der Waals surface area contributed by atoms with Gasteiger partial charge in [-0.2, -0.15) is 0 Å². The fourth-order valence-corrected chi connectivity index (χ4v) is 4.11. The molecule has 3 heterocycles. The van der Waals surface area contributed by atoms with Crippen molar-refractivity contribution in [1.82, 2.24) is 9.88 Å². The Morgan fingerprint density at radius 3 is 2.44 bits per heavy atom. The van der Waals surface area contributed by atoms with Gasteiger partial charge in [0.15, 0.2) is 0 Å². The molecule has 2 saturated heterocycles. The predicted molar refractivity (Wildman–Crippen MR) is 124 cm³/mol. The van der Waals surface area contributed by atoms with Crippen LogP contribution in [0.15, 0.2) is 48.7 Å². The second kappa shape index (κ2) is 9.96. The number of amides is 3. The summed E-state index contributed by atoms with van der Waals surface area (Å²) in [6.45, 7) is 1.83. The van der Waals surface area contributed by atoms with Gasteiger partial charge < -0.3 is 15.1 Å². The second-order valence-electron chi connectivity index (χ2n) is 8.02. The quantitative estimate of drug-likeness (QED) is 0.700. The van der Waals surface area contributed by atoms with Gasteiger partial charge in [0, 0.05) is 49.9 Å². The van der Waals surface area contributed by atoms with E-state index in [4.69, 9.17) is 11.6 Å². The number of nitrogens with zero attached hydrogens (tertiary/aromatic N) is 3. The number of piperidine rings is 1. The molecule has 0 saturated carbocycles. The number of carbonyl (C=O) groups excluding carboxylic acids is 3. The van der Waals surface area contributed by atoms with Crippen molar-refractivity contribution in [2.75, 3.05) is 29.9 Å². The van der Waals surface area contributed by atoms with E-state index in [-0.39, 0.29) is 23.6 Å². The van der Waals surface area contributed by atoms with E-state index in [1.807, 2.05) is 24.3 Å². The molecule has 2 aromatic rings. The second-order valence-corrected chi connectivity index (χ2v) is 8.46. The summed E-state index contributed by atoms with van der Waals surface area (Å²) in [7, 11) is 0. The van der Waals surface area contributed by atoms with Crippen LogP contribution in [0, 0.1) is 5.92 Å². The lowest BCUT2D eigenvalue weighted by molar-refractivity contribution is -0.130. The third-order valence-electron chi connectivity index (χ3n) is 5.85. The number of halogens is 1. The molecule has 8 heteroatoms. The third-order valence-corrected chi connectivity index (χ3v) is 6.08. The van der Waals surface area contributed by atoms with Crippen LogP contribution in [0.4, 0.5) is 11.5 Å². The van der Waals surface area contributed by atoms with Gasteiger partial charge in [0.2, 0.25) is 17.7 Å². The van der Waals surface area contributed by atoms with Crippen molar-refractivity contribution in [2.24, 2.45) is 5.92 Å². The molecule has 1 N–H and O–H groups in total. The molecular weight excluding hydrogens is 428 g/mol. The highest BCUT2D eigenvalue weighted by Crippen LogP contribution is 2.23. The summed E-state index contributed by atoms with van der Waals surface area (Å²) in [5.41, 5.74) is 1.79. The topological polar surface area (TPSA) is 82.6 Å². The molecule has 2 aliphatic rings. The Bertz CT molecular complexity index is 1010. The first kappa shape index (κ1) is 22.0. The van der Waals surface area contributed by atoms with Gasteiger partial charge in [-0.3, -0.25) is 14.4 Å². The molecule has 1 aromatic carbocycles. The summed E-state index contributed by atoms with van der Waals surface area (Å²) in [5, 5.41) is 3.32. The number of likely N-dealkylation sites (tertiary alicyclic amines) is 1. The smallest absolute Gasteiger partial charge is 0.246 e. The minimum absolute atomic E-state index is 0.0676. The number of hydrogen-bond donors (Lipinski definition) is 1. The van der Waals surface area contributed by atoms with Crippen molar-refractivity contribution in [3.05, 3.63) is 59.3 Å². The summed E-state index contributed by atoms with van der Waals surface area (Å²) < 4.78 is 0. The highest BCUT2D eigenvalue weighted by Gasteiger charge is 2.27. The maximum atomic E-state index is 12.6. The molecule has 4 rings (SSSR count). The van der Waals surface area contributed by atoms with Gasteiger partial charge in [0.1, 0.15) is 5.82 Å². The SMILES string of the molecule is O=C(Nc1ccc(Cl)cn1)C1CCN(C(=O)C=Cc2ccc(N3CCCC3=O)cc2)CC1. The third kappa shape index (κ3) is 5.34. The first-order valence-electron chi connectivity index (χ1n) is 10.8. The van der Waals surface area contributed by atoms with Gasteiger partial charge >= 0.3 is 0 Å². The lowest BCUT2D eigenvalue weighted by Gasteiger charge is -2.30. The Balaban J connectivity index is 1.26. The van der Waals surface area contributed by atoms with Crippen molar-refractivity contribution < 1.29 is 14.4 Å². The maximum absolute atomic E-state index is 12.6. The van der Waals surface area contributed by atoms with Crippen LogP contribution in [0.3, 0.4) is 0 Å². The number of pyridine rings is 1. The van der Waals surface area contributed by atoms with E-state index >= 15 is 0 Å². The van der Waals surface area contributed by atoms with Crippen LogP contribution >= 0.6 is 11.6 Å². The van der Waals surface area contributed by atoms with Crippen molar-refractivity contribution in [3.63, 3.8) is 0 Å². The monoisotopic (exact) mass is 452 g/mol. The fourth-order valence-electron chi connectivity index (χ4n) is 4.00. The van der Waals surface area contributed by atoms with E-state index in [1.54, 1.807) is 34.1 Å². The zero-order chi connectivity index (χ0) is 22.5. The van der Waals surface area contributed by atoms with Crippen molar-refractivity contribution >= 4 is 46.9 Å². The fraction of sp³-hybridized carbons (Fsp3) is 0.333. The molecule has 0 bridgehead atoms. The van der Waals surface area contributed by atoms with Gasteiger partial charge in [-0.25, -0.2) is 4.98 Å². The molecule has 32 heavy (non-hydrogen) atoms. The number of carbonyl (C=O) groups is 3. The minimum atomic E-state index is -0.152. The Labute approximate surface area is 192 Å². The van der Waals surface area contributed by atoms with Gasteiger partial charge in [0.05, 0.1) is 5.02 Å². The normalized spacial score (nSPS) is 17.2. The first-order valence-corrected chi connectivity index (χ1v) is 11.2. The van der Waals surface area contributed by atoms with E-state index in [0.29, 0.717) is 43.2 Å². The lowest BCUT2D eigenvalue weighted by atomic mass is 9.96. The molecule has 0 aliphatic carbocycles. The van der Waals surface area contributed by atoms with Crippen LogP contribution in [0.2, 0.25) is 5.02 Å². The molecule has 3 amide bonds. The number of anilines is 2. The summed E-state index contributed by atoms with van der Waals surface area (Å²) >= 11 is 5.81. The zero-order valence-corrected chi connectivity index (χ0v) is 18.4. The summed E-state index contributed by atoms with van der Waals surface area (Å²) in [6.07, 6.45) is 7.55. The Hall–Kier alpha value is -3.19. The van der Waals surface area contributed by atoms with E-state index < -0.39 is 0 Å². The average molecular weight is 453 g/mol. The van der Waals surface area contributed by atoms with E-state index in [9.17, 15) is 14.4 Å². The number of hydrogen-bond acceptors (Lipinski definition) is 4. The maximum Gasteiger partial charge on any atom is 0.246 e. The van der Waals surface area contributed by atoms with Gasteiger partial charge in [-0.15, -0.1) is 0 Å². The summed E-state index contributed by atoms with van der Waals surface area (Å²) in [4.78, 5) is 44.5. The Morgan fingerprint density at radius 1 is 1.06 bits per heavy atom. The average Bonchev–Trinajstić information content (AvgIpc) is 3.25. The van der Waals surface area contributed by atoms with Crippen molar-refractivity contribution in [2.45, 2.75) is 25.7 Å². The highest BCUT2D eigenvalue weighted by molar-refractivity contribution is 6.30. The molecule has 0 unspecified atom stereocenters. The van der Waals surface area contributed by atoms with Crippen LogP contribution in [0.1, 0.15) is 31.2 Å². The zero-order valence-electron chi connectivity index (χ0n) is 17.7. The number of benzene rings is 1. The largest absolute Gasteiger partial charge is 0.339 e. The van der Waals surface area contributed by atoms with Gasteiger partial charge in [0.25, 0.3) is 0 Å². The molecule has 166 valence electrons. The van der Waals surface area contributed by atoms with E-state index in [0.717, 1.165) is 24.2 Å². The van der Waals surface area contributed by atoms with E-state index in [1.165, 1.54) is 6.20 Å². The Morgan fingerprint density at radius 2 is 1.81 bits per heavy atom. The van der Waals surface area contributed by atoms with Crippen LogP contribution in [-0.2, 0) is 14.4 Å². The summed E-state index contributed by atoms with van der Waals surface area (Å²) in [6, 6.07) is 11.0. The highest BCUT2D eigenvalue weighted by atomic mass is 35.5. The van der Waals surface area contributed by atoms with Crippen LogP contribution in [0.25, 0.3) is 6.08 Å². The molecule has 0 radical (unpaired) electrons. The molecule has 0 atom stereocenters. The Kier molecular flexibility index (Phi) is 6.85. The van der Waals surface area contributed by atoms with E-state index in [2.05, 4.69) is 10.3 Å². The van der Waals surface area contributed by atoms with Gasteiger partial charge in [-0.1, -0.05) is 23.7 Å². The van der Waals surface area contributed by atoms with Gasteiger partial charge in [-0.05, 0) is 55.2 Å². The molecule has 0 spiro atoms. The molecule has 2 aliphatic heterocycles. The van der Waals surface area contributed by atoms with Crippen molar-refractivity contribution in [3.8, 4) is 0 Å². The molecular formula is C24H25ClN4O3. The van der Waals surface area contributed by atoms with Crippen LogP contribution in [-0.4, -0.2) is 47.2 Å². The minimum Gasteiger partial charge on any atom is -0.339 e. The standard InChI is InChI=1S/C24H25ClN4O3/c25-19-6-9-21(26-16-19)27-24(32)18-11-14-28(15-12-18)22(30)10-5-17-3-7-20(8-4-17)29-13-1-2-23(29)31/h3-10,16,18H,1-2,11-15H2,(H,26,27,32). The van der Waals surface area contributed by atoms with Crippen molar-refractivity contribution in [1.29, 1.82) is 0 Å². The summed E-state index contributed by atoms with van der Waals surface area (Å²) in [5.74, 6) is 0.327. The first-order chi connectivity index (χ1) is 15.5. The lowest BCUT2D eigenvalue weighted by Crippen LogP contribution is -2.40. The number of nitrogens with one attached hydrogen (secondary N) is 1. The predicted octanol–water partition coefficient (Wildman–Crippen LogP) is 3.75.